The van der Waals surface area contributed by atoms with Gasteiger partial charge in [-0.25, -0.2) is 9.78 Å². The van der Waals surface area contributed by atoms with Gasteiger partial charge >= 0.3 is 6.03 Å². The van der Waals surface area contributed by atoms with Crippen LogP contribution in [0.4, 0.5) is 10.7 Å². The van der Waals surface area contributed by atoms with E-state index in [1.807, 2.05) is 37.4 Å². The number of benzene rings is 1. The molecule has 142 valence electrons. The van der Waals surface area contributed by atoms with Gasteiger partial charge < -0.3 is 15.0 Å². The summed E-state index contributed by atoms with van der Waals surface area (Å²) in [5.74, 6) is 1.01. The highest BCUT2D eigenvalue weighted by atomic mass is 16.5. The molecule has 0 aliphatic carbocycles. The van der Waals surface area contributed by atoms with Gasteiger partial charge in [-0.1, -0.05) is 6.08 Å². The van der Waals surface area contributed by atoms with E-state index in [1.54, 1.807) is 13.3 Å². The van der Waals surface area contributed by atoms with Gasteiger partial charge in [-0.3, -0.25) is 15.3 Å². The number of amides is 2. The van der Waals surface area contributed by atoms with Gasteiger partial charge in [0.1, 0.15) is 17.0 Å². The van der Waals surface area contributed by atoms with E-state index in [0.717, 1.165) is 22.2 Å². The number of aromatic nitrogens is 3. The van der Waals surface area contributed by atoms with E-state index < -0.39 is 0 Å². The van der Waals surface area contributed by atoms with Crippen LogP contribution in [-0.2, 0) is 0 Å². The van der Waals surface area contributed by atoms with E-state index in [9.17, 15) is 4.79 Å². The van der Waals surface area contributed by atoms with Crippen LogP contribution in [0.25, 0.3) is 27.9 Å². The molecule has 0 atom stereocenters. The monoisotopic (exact) mass is 376 g/mol. The first-order chi connectivity index (χ1) is 13.7. The van der Waals surface area contributed by atoms with Crippen LogP contribution in [0.2, 0.25) is 0 Å². The summed E-state index contributed by atoms with van der Waals surface area (Å²) >= 11 is 0. The van der Waals surface area contributed by atoms with Gasteiger partial charge in [-0.05, 0) is 42.3 Å². The molecule has 28 heavy (non-hydrogen) atoms. The van der Waals surface area contributed by atoms with E-state index in [0.29, 0.717) is 36.0 Å². The topological polar surface area (TPSA) is 104 Å². The number of urea groups is 1. The Hall–Kier alpha value is -3.68. The Morgan fingerprint density at radius 3 is 3.00 bits per heavy atom. The number of fused-ring (bicyclic) bond motifs is 1. The summed E-state index contributed by atoms with van der Waals surface area (Å²) in [7, 11) is 1.61. The lowest BCUT2D eigenvalue weighted by Gasteiger charge is -2.10. The summed E-state index contributed by atoms with van der Waals surface area (Å²) in [6, 6.07) is 7.38. The average molecular weight is 376 g/mol. The molecular weight excluding hydrogens is 356 g/mol. The summed E-state index contributed by atoms with van der Waals surface area (Å²) in [6.45, 7) is 3.05. The van der Waals surface area contributed by atoms with Crippen molar-refractivity contribution in [3.63, 3.8) is 0 Å². The Morgan fingerprint density at radius 1 is 1.36 bits per heavy atom. The fraction of sp³-hybridized carbons (Fsp3) is 0.200. The zero-order valence-corrected chi connectivity index (χ0v) is 15.6. The molecule has 2 aromatic heterocycles. The van der Waals surface area contributed by atoms with Crippen molar-refractivity contribution in [2.45, 2.75) is 6.92 Å². The largest absolute Gasteiger partial charge is 0.494 e. The molecule has 2 amide bonds. The molecule has 0 bridgehead atoms. The number of carbonyl (C=O) groups excluding carboxylic acids is 1. The number of allylic oxidation sites excluding steroid dienone is 1. The third-order valence-corrected chi connectivity index (χ3v) is 4.38. The second-order valence-corrected chi connectivity index (χ2v) is 6.20. The molecular formula is C20H20N6O2. The lowest BCUT2D eigenvalue weighted by atomic mass is 10.00. The van der Waals surface area contributed by atoms with Crippen LogP contribution < -0.4 is 15.4 Å². The number of hydrogen-bond acceptors (Lipinski definition) is 5. The van der Waals surface area contributed by atoms with Gasteiger partial charge in [-0.2, -0.15) is 0 Å². The Balaban J connectivity index is 1.88. The smallest absolute Gasteiger partial charge is 0.321 e. The van der Waals surface area contributed by atoms with Crippen molar-refractivity contribution < 1.29 is 9.53 Å². The van der Waals surface area contributed by atoms with Crippen molar-refractivity contribution in [1.29, 1.82) is 0 Å². The van der Waals surface area contributed by atoms with Crippen LogP contribution >= 0.6 is 0 Å². The van der Waals surface area contributed by atoms with Crippen LogP contribution in [0.1, 0.15) is 12.5 Å². The first-order valence-electron chi connectivity index (χ1n) is 8.98. The molecule has 0 fully saturated rings. The third-order valence-electron chi connectivity index (χ3n) is 4.38. The van der Waals surface area contributed by atoms with Crippen molar-refractivity contribution in [1.82, 2.24) is 20.3 Å². The van der Waals surface area contributed by atoms with Crippen molar-refractivity contribution in [3.8, 4) is 17.0 Å². The molecule has 4 rings (SSSR count). The summed E-state index contributed by atoms with van der Waals surface area (Å²) in [4.78, 5) is 28.4. The maximum atomic E-state index is 11.9. The predicted molar refractivity (Wildman–Crippen MR) is 110 cm³/mol. The Kier molecular flexibility index (Phi) is 4.76. The first-order valence-corrected chi connectivity index (χ1v) is 8.98. The van der Waals surface area contributed by atoms with Gasteiger partial charge in [-0.15, -0.1) is 0 Å². The molecule has 8 heteroatoms. The number of methoxy groups -OCH3 is 1. The maximum absolute atomic E-state index is 11.9. The van der Waals surface area contributed by atoms with Gasteiger partial charge in [0.05, 0.1) is 19.2 Å². The Morgan fingerprint density at radius 2 is 2.25 bits per heavy atom. The third kappa shape index (κ3) is 3.32. The average Bonchev–Trinajstić information content (AvgIpc) is 3.36. The lowest BCUT2D eigenvalue weighted by Crippen LogP contribution is -2.28. The molecule has 3 heterocycles. The van der Waals surface area contributed by atoms with E-state index in [-0.39, 0.29) is 6.03 Å². The molecule has 0 unspecified atom stereocenters. The van der Waals surface area contributed by atoms with E-state index >= 15 is 0 Å². The van der Waals surface area contributed by atoms with Crippen molar-refractivity contribution in [3.05, 3.63) is 42.1 Å². The number of anilines is 1. The molecule has 1 aromatic carbocycles. The number of rotatable bonds is 5. The van der Waals surface area contributed by atoms with Crippen molar-refractivity contribution >= 4 is 34.8 Å². The molecule has 1 aliphatic rings. The highest BCUT2D eigenvalue weighted by molar-refractivity contribution is 6.13. The minimum absolute atomic E-state index is 0.315. The number of carbonyl (C=O) groups is 1. The maximum Gasteiger partial charge on any atom is 0.321 e. The standard InChI is InChI=1S/C20H20N6O2/c1-3-22-20(27)26-19-24-15-10-13(12-6-8-21-11-12)9-14(17(15)25-19)18-16(28-2)5-4-7-23-18/h4-7,9-11H,3,8H2,1-2H3,(H3,22,24,25,26,27). The number of ether oxygens (including phenoxy) is 1. The number of nitrogens with one attached hydrogen (secondary N) is 3. The number of pyridine rings is 1. The number of hydrogen-bond donors (Lipinski definition) is 3. The van der Waals surface area contributed by atoms with Crippen molar-refractivity contribution in [2.75, 3.05) is 25.5 Å². The van der Waals surface area contributed by atoms with Crippen LogP contribution in [-0.4, -0.2) is 47.4 Å². The zero-order valence-electron chi connectivity index (χ0n) is 15.6. The van der Waals surface area contributed by atoms with E-state index in [2.05, 4.69) is 36.7 Å². The Labute approximate surface area is 161 Å². The van der Waals surface area contributed by atoms with Crippen LogP contribution in [0.15, 0.2) is 41.5 Å². The zero-order chi connectivity index (χ0) is 19.5. The normalized spacial score (nSPS) is 12.9. The number of nitrogens with zero attached hydrogens (tertiary/aromatic N) is 3. The minimum Gasteiger partial charge on any atom is -0.494 e. The molecule has 3 N–H and O–H groups in total. The van der Waals surface area contributed by atoms with E-state index in [4.69, 9.17) is 4.74 Å². The molecule has 0 spiro atoms. The fourth-order valence-electron chi connectivity index (χ4n) is 3.14. The van der Waals surface area contributed by atoms with Gasteiger partial charge in [0.25, 0.3) is 0 Å². The predicted octanol–water partition coefficient (Wildman–Crippen LogP) is 3.24. The number of aromatic amines is 1. The number of imidazole rings is 1. The molecule has 3 aromatic rings. The highest BCUT2D eigenvalue weighted by Gasteiger charge is 2.18. The number of aliphatic imine (C=N–C) groups is 1. The van der Waals surface area contributed by atoms with Gasteiger partial charge in [0, 0.05) is 24.5 Å². The SMILES string of the molecule is CCNC(=O)Nc1nc2c(-c3ncccc3OC)cc(C3=CCN=C3)cc2[nH]1. The van der Waals surface area contributed by atoms with Gasteiger partial charge in [0.2, 0.25) is 5.95 Å². The first kappa shape index (κ1) is 17.7. The summed E-state index contributed by atoms with van der Waals surface area (Å²) in [6.07, 6.45) is 5.63. The van der Waals surface area contributed by atoms with Gasteiger partial charge in [0.15, 0.2) is 0 Å². The second-order valence-electron chi connectivity index (χ2n) is 6.20. The Bertz CT molecular complexity index is 1100. The van der Waals surface area contributed by atoms with Crippen LogP contribution in [0.5, 0.6) is 5.75 Å². The van der Waals surface area contributed by atoms with Crippen molar-refractivity contribution in [2.24, 2.45) is 4.99 Å². The quantitative estimate of drug-likeness (QED) is 0.636. The molecule has 8 nitrogen and oxygen atoms in total. The molecule has 0 saturated heterocycles. The van der Waals surface area contributed by atoms with Crippen LogP contribution in [0, 0.1) is 0 Å². The van der Waals surface area contributed by atoms with E-state index in [1.165, 1.54) is 0 Å². The second kappa shape index (κ2) is 7.51. The molecule has 0 radical (unpaired) electrons. The summed E-state index contributed by atoms with van der Waals surface area (Å²) in [5, 5.41) is 5.41. The lowest BCUT2D eigenvalue weighted by molar-refractivity contribution is 0.252. The number of H-pyrrole nitrogens is 1. The fourth-order valence-corrected chi connectivity index (χ4v) is 3.14. The highest BCUT2D eigenvalue weighted by Crippen LogP contribution is 2.35. The summed E-state index contributed by atoms with van der Waals surface area (Å²) < 4.78 is 5.50. The summed E-state index contributed by atoms with van der Waals surface area (Å²) in [5.41, 5.74) is 5.00. The van der Waals surface area contributed by atoms with Crippen LogP contribution in [0.3, 0.4) is 0 Å². The molecule has 0 saturated carbocycles. The minimum atomic E-state index is -0.315. The molecule has 1 aliphatic heterocycles.